The molecule has 8 nitrogen and oxygen atoms in total. The molecule has 3 heterocycles. The number of aromatic hydroxyl groups is 1. The van der Waals surface area contributed by atoms with Gasteiger partial charge in [0.25, 0.3) is 0 Å². The Balaban J connectivity index is 1.72. The molecule has 0 unspecified atom stereocenters. The Hall–Kier alpha value is -2.84. The SMILES string of the molecule is C=CCOC(=O)N1CCc2c(c(=O)oc3c(C4OCC(C)(C)CO4)c(O)ccc23)C1. The molecule has 1 aromatic carbocycles. The van der Waals surface area contributed by atoms with Crippen LogP contribution >= 0.6 is 0 Å². The molecule has 0 aliphatic carbocycles. The average molecular weight is 415 g/mol. The summed E-state index contributed by atoms with van der Waals surface area (Å²) in [5, 5.41) is 11.2. The molecule has 8 heteroatoms. The number of hydrogen-bond acceptors (Lipinski definition) is 7. The van der Waals surface area contributed by atoms with Gasteiger partial charge in [-0.25, -0.2) is 9.59 Å². The molecule has 1 aromatic heterocycles. The van der Waals surface area contributed by atoms with Crippen molar-refractivity contribution in [3.05, 3.63) is 51.9 Å². The minimum Gasteiger partial charge on any atom is -0.507 e. The van der Waals surface area contributed by atoms with Crippen LogP contribution in [0.15, 0.2) is 34.0 Å². The first kappa shape index (κ1) is 20.4. The van der Waals surface area contributed by atoms with E-state index in [2.05, 4.69) is 6.58 Å². The number of phenols is 1. The maximum Gasteiger partial charge on any atom is 0.410 e. The molecule has 160 valence electrons. The van der Waals surface area contributed by atoms with Gasteiger partial charge in [0.1, 0.15) is 12.4 Å². The molecular formula is C22H25NO7. The Labute approximate surface area is 173 Å². The van der Waals surface area contributed by atoms with Crippen molar-refractivity contribution in [1.29, 1.82) is 0 Å². The number of ether oxygens (including phenoxy) is 3. The first-order chi connectivity index (χ1) is 14.3. The molecule has 1 amide bonds. The monoisotopic (exact) mass is 415 g/mol. The van der Waals surface area contributed by atoms with Gasteiger partial charge in [0, 0.05) is 17.3 Å². The lowest BCUT2D eigenvalue weighted by atomic mass is 9.94. The number of benzene rings is 1. The molecule has 1 fully saturated rings. The van der Waals surface area contributed by atoms with Crippen molar-refractivity contribution in [2.24, 2.45) is 5.41 Å². The quantitative estimate of drug-likeness (QED) is 0.607. The standard InChI is InChI=1S/C22H25NO7/c1-4-9-27-21(26)23-8-7-13-14-5-6-16(24)17(18(14)30-19(25)15(13)10-23)20-28-11-22(2,3)12-29-20/h4-6,20,24H,1,7-12H2,2-3H3. The second-order valence-electron chi connectivity index (χ2n) is 8.38. The maximum absolute atomic E-state index is 12.8. The highest BCUT2D eigenvalue weighted by molar-refractivity contribution is 5.86. The van der Waals surface area contributed by atoms with Crippen LogP contribution in [0, 0.1) is 5.41 Å². The van der Waals surface area contributed by atoms with Gasteiger partial charge >= 0.3 is 11.7 Å². The highest BCUT2D eigenvalue weighted by Crippen LogP contribution is 2.40. The number of hydrogen-bond donors (Lipinski definition) is 1. The zero-order chi connectivity index (χ0) is 21.5. The van der Waals surface area contributed by atoms with Gasteiger partial charge in [-0.2, -0.15) is 0 Å². The van der Waals surface area contributed by atoms with Crippen LogP contribution in [0.1, 0.15) is 36.8 Å². The molecule has 0 spiro atoms. The maximum atomic E-state index is 12.8. The van der Waals surface area contributed by atoms with E-state index in [0.717, 1.165) is 5.56 Å². The number of carbonyl (C=O) groups is 1. The number of phenolic OH excluding ortho intramolecular Hbond substituents is 1. The summed E-state index contributed by atoms with van der Waals surface area (Å²) >= 11 is 0. The second-order valence-corrected chi connectivity index (χ2v) is 8.38. The van der Waals surface area contributed by atoms with Crippen molar-refractivity contribution in [3.63, 3.8) is 0 Å². The summed E-state index contributed by atoms with van der Waals surface area (Å²) < 4.78 is 22.3. The lowest BCUT2D eigenvalue weighted by Crippen LogP contribution is -2.39. The van der Waals surface area contributed by atoms with Gasteiger partial charge in [0.05, 0.1) is 30.9 Å². The van der Waals surface area contributed by atoms with Gasteiger partial charge in [0.15, 0.2) is 11.9 Å². The minimum absolute atomic E-state index is 0.0549. The van der Waals surface area contributed by atoms with E-state index in [1.54, 1.807) is 12.1 Å². The molecule has 1 N–H and O–H groups in total. The van der Waals surface area contributed by atoms with Crippen LogP contribution in [0.5, 0.6) is 5.75 Å². The summed E-state index contributed by atoms with van der Waals surface area (Å²) in [4.78, 5) is 26.4. The average Bonchev–Trinajstić information content (AvgIpc) is 2.72. The molecule has 2 aliphatic rings. The molecule has 0 bridgehead atoms. The van der Waals surface area contributed by atoms with Crippen LogP contribution in [-0.4, -0.2) is 42.5 Å². The van der Waals surface area contributed by atoms with Crippen molar-refractivity contribution < 1.29 is 28.5 Å². The van der Waals surface area contributed by atoms with Crippen LogP contribution in [-0.2, 0) is 27.2 Å². The smallest absolute Gasteiger partial charge is 0.410 e. The fourth-order valence-corrected chi connectivity index (χ4v) is 3.80. The number of fused-ring (bicyclic) bond motifs is 3. The highest BCUT2D eigenvalue weighted by atomic mass is 16.7. The summed E-state index contributed by atoms with van der Waals surface area (Å²) in [6.45, 7) is 9.08. The Kier molecular flexibility index (Phi) is 5.29. The van der Waals surface area contributed by atoms with Crippen LogP contribution < -0.4 is 5.63 Å². The lowest BCUT2D eigenvalue weighted by Gasteiger charge is -2.35. The van der Waals surface area contributed by atoms with Crippen LogP contribution in [0.4, 0.5) is 4.79 Å². The van der Waals surface area contributed by atoms with E-state index in [1.807, 2.05) is 13.8 Å². The fraction of sp³-hybridized carbons (Fsp3) is 0.455. The number of nitrogens with zero attached hydrogens (tertiary/aromatic N) is 1. The van der Waals surface area contributed by atoms with Gasteiger partial charge in [0.2, 0.25) is 0 Å². The molecule has 30 heavy (non-hydrogen) atoms. The predicted octanol–water partition coefficient (Wildman–Crippen LogP) is 3.25. The van der Waals surface area contributed by atoms with Gasteiger partial charge < -0.3 is 28.6 Å². The molecule has 1 saturated heterocycles. The predicted molar refractivity (Wildman–Crippen MR) is 108 cm³/mol. The molecule has 4 rings (SSSR count). The van der Waals surface area contributed by atoms with E-state index in [0.29, 0.717) is 42.7 Å². The Bertz CT molecular complexity index is 1050. The highest BCUT2D eigenvalue weighted by Gasteiger charge is 2.34. The van der Waals surface area contributed by atoms with Crippen molar-refractivity contribution >= 4 is 17.1 Å². The zero-order valence-corrected chi connectivity index (χ0v) is 17.1. The number of rotatable bonds is 3. The normalized spacial score (nSPS) is 18.8. The van der Waals surface area contributed by atoms with Gasteiger partial charge in [-0.15, -0.1) is 0 Å². The minimum atomic E-state index is -0.822. The molecule has 0 atom stereocenters. The second kappa shape index (κ2) is 7.77. The Morgan fingerprint density at radius 3 is 2.77 bits per heavy atom. The van der Waals surface area contributed by atoms with E-state index in [4.69, 9.17) is 18.6 Å². The van der Waals surface area contributed by atoms with E-state index in [-0.39, 0.29) is 29.9 Å². The third-order valence-corrected chi connectivity index (χ3v) is 5.35. The van der Waals surface area contributed by atoms with E-state index in [1.165, 1.54) is 11.0 Å². The number of amides is 1. The van der Waals surface area contributed by atoms with E-state index < -0.39 is 18.0 Å². The van der Waals surface area contributed by atoms with Crippen molar-refractivity contribution in [3.8, 4) is 5.75 Å². The molecule has 2 aromatic rings. The van der Waals surface area contributed by atoms with E-state index in [9.17, 15) is 14.7 Å². The Morgan fingerprint density at radius 1 is 1.33 bits per heavy atom. The molecule has 0 radical (unpaired) electrons. The summed E-state index contributed by atoms with van der Waals surface area (Å²) in [5.74, 6) is -0.0549. The Morgan fingerprint density at radius 2 is 2.07 bits per heavy atom. The molecule has 2 aliphatic heterocycles. The van der Waals surface area contributed by atoms with Crippen LogP contribution in [0.3, 0.4) is 0 Å². The van der Waals surface area contributed by atoms with E-state index >= 15 is 0 Å². The van der Waals surface area contributed by atoms with Gasteiger partial charge in [-0.05, 0) is 24.1 Å². The number of carbonyl (C=O) groups excluding carboxylic acids is 1. The third-order valence-electron chi connectivity index (χ3n) is 5.35. The first-order valence-corrected chi connectivity index (χ1v) is 9.87. The fourth-order valence-electron chi connectivity index (χ4n) is 3.80. The largest absolute Gasteiger partial charge is 0.507 e. The molecular weight excluding hydrogens is 390 g/mol. The summed E-state index contributed by atoms with van der Waals surface area (Å²) in [6.07, 6.45) is 0.627. The summed E-state index contributed by atoms with van der Waals surface area (Å²) in [7, 11) is 0. The van der Waals surface area contributed by atoms with Crippen LogP contribution in [0.25, 0.3) is 11.0 Å². The zero-order valence-electron chi connectivity index (χ0n) is 17.1. The summed E-state index contributed by atoms with van der Waals surface area (Å²) in [5.41, 5.74) is 1.09. The molecule has 0 saturated carbocycles. The van der Waals surface area contributed by atoms with Crippen molar-refractivity contribution in [1.82, 2.24) is 4.90 Å². The van der Waals surface area contributed by atoms with Gasteiger partial charge in [-0.1, -0.05) is 26.5 Å². The van der Waals surface area contributed by atoms with Crippen LogP contribution in [0.2, 0.25) is 0 Å². The van der Waals surface area contributed by atoms with Crippen molar-refractivity contribution in [2.45, 2.75) is 33.1 Å². The topological polar surface area (TPSA) is 98.4 Å². The first-order valence-electron chi connectivity index (χ1n) is 9.87. The summed E-state index contributed by atoms with van der Waals surface area (Å²) in [6, 6.07) is 3.27. The third kappa shape index (κ3) is 3.68. The van der Waals surface area contributed by atoms with Gasteiger partial charge in [-0.3, -0.25) is 0 Å². The lowest BCUT2D eigenvalue weighted by molar-refractivity contribution is -0.226. The van der Waals surface area contributed by atoms with Crippen molar-refractivity contribution in [2.75, 3.05) is 26.4 Å².